The lowest BCUT2D eigenvalue weighted by Gasteiger charge is -2.28. The van der Waals surface area contributed by atoms with Crippen LogP contribution in [0.15, 0.2) is 42.5 Å². The van der Waals surface area contributed by atoms with Crippen molar-refractivity contribution in [2.75, 3.05) is 5.32 Å². The number of nitrogens with two attached hydrogens (primary N) is 1. The van der Waals surface area contributed by atoms with Crippen LogP contribution in [-0.4, -0.2) is 17.0 Å². The first kappa shape index (κ1) is 20.1. The SMILES string of the molecule is NCc1cc(O[C@@H]2CCCC(C(=O)Nc3ccccc3)C2)nc(C(F)(F)F)c1. The Morgan fingerprint density at radius 2 is 1.96 bits per heavy atom. The van der Waals surface area contributed by atoms with E-state index in [1.807, 2.05) is 18.2 Å². The smallest absolute Gasteiger partial charge is 0.433 e. The molecule has 1 aliphatic rings. The summed E-state index contributed by atoms with van der Waals surface area (Å²) in [5.41, 5.74) is 5.48. The van der Waals surface area contributed by atoms with Crippen molar-refractivity contribution in [3.05, 3.63) is 53.7 Å². The van der Waals surface area contributed by atoms with Gasteiger partial charge < -0.3 is 15.8 Å². The molecule has 1 aromatic heterocycles. The molecule has 1 amide bonds. The van der Waals surface area contributed by atoms with Gasteiger partial charge in [0, 0.05) is 24.2 Å². The third kappa shape index (κ3) is 5.22. The molecule has 0 saturated heterocycles. The lowest BCUT2D eigenvalue weighted by atomic mass is 9.86. The van der Waals surface area contributed by atoms with Gasteiger partial charge in [0.25, 0.3) is 0 Å². The average Bonchev–Trinajstić information content (AvgIpc) is 2.68. The molecule has 1 aliphatic carbocycles. The van der Waals surface area contributed by atoms with Gasteiger partial charge in [0.05, 0.1) is 0 Å². The molecule has 1 saturated carbocycles. The second kappa shape index (κ2) is 8.60. The summed E-state index contributed by atoms with van der Waals surface area (Å²) in [4.78, 5) is 16.1. The molecule has 1 aromatic carbocycles. The summed E-state index contributed by atoms with van der Waals surface area (Å²) in [7, 11) is 0. The van der Waals surface area contributed by atoms with E-state index >= 15 is 0 Å². The lowest BCUT2D eigenvalue weighted by Crippen LogP contribution is -2.33. The lowest BCUT2D eigenvalue weighted by molar-refractivity contribution is -0.141. The Balaban J connectivity index is 1.67. The molecular formula is C20H22F3N3O2. The van der Waals surface area contributed by atoms with Gasteiger partial charge in [0.15, 0.2) is 0 Å². The molecule has 0 radical (unpaired) electrons. The van der Waals surface area contributed by atoms with Crippen LogP contribution in [0.2, 0.25) is 0 Å². The predicted octanol–water partition coefficient (Wildman–Crippen LogP) is 4.14. The number of anilines is 1. The topological polar surface area (TPSA) is 77.2 Å². The van der Waals surface area contributed by atoms with Crippen molar-refractivity contribution >= 4 is 11.6 Å². The van der Waals surface area contributed by atoms with E-state index in [1.54, 1.807) is 12.1 Å². The van der Waals surface area contributed by atoms with Crippen molar-refractivity contribution in [2.24, 2.45) is 11.7 Å². The molecule has 0 spiro atoms. The fourth-order valence-corrected chi connectivity index (χ4v) is 3.31. The summed E-state index contributed by atoms with van der Waals surface area (Å²) in [6, 6.07) is 11.5. The largest absolute Gasteiger partial charge is 0.474 e. The van der Waals surface area contributed by atoms with E-state index < -0.39 is 11.9 Å². The zero-order chi connectivity index (χ0) is 20.1. The number of rotatable bonds is 5. The number of pyridine rings is 1. The van der Waals surface area contributed by atoms with E-state index in [9.17, 15) is 18.0 Å². The number of benzene rings is 1. The molecule has 2 atom stereocenters. The van der Waals surface area contributed by atoms with Crippen LogP contribution in [0.3, 0.4) is 0 Å². The van der Waals surface area contributed by atoms with Gasteiger partial charge in [-0.3, -0.25) is 4.79 Å². The van der Waals surface area contributed by atoms with Gasteiger partial charge in [-0.05, 0) is 49.4 Å². The highest BCUT2D eigenvalue weighted by Crippen LogP contribution is 2.32. The molecule has 1 heterocycles. The van der Waals surface area contributed by atoms with E-state index in [0.29, 0.717) is 30.5 Å². The molecule has 150 valence electrons. The zero-order valence-corrected chi connectivity index (χ0v) is 15.2. The molecule has 0 aliphatic heterocycles. The molecule has 3 N–H and O–H groups in total. The molecule has 5 nitrogen and oxygen atoms in total. The maximum absolute atomic E-state index is 13.0. The van der Waals surface area contributed by atoms with E-state index in [-0.39, 0.29) is 30.4 Å². The molecule has 1 unspecified atom stereocenters. The van der Waals surface area contributed by atoms with E-state index in [1.165, 1.54) is 6.07 Å². The second-order valence-electron chi connectivity index (χ2n) is 6.86. The first-order chi connectivity index (χ1) is 13.3. The summed E-state index contributed by atoms with van der Waals surface area (Å²) < 4.78 is 44.8. The Labute approximate surface area is 161 Å². The molecule has 1 fully saturated rings. The predicted molar refractivity (Wildman–Crippen MR) is 98.6 cm³/mol. The summed E-state index contributed by atoms with van der Waals surface area (Å²) in [5, 5.41) is 2.87. The number of hydrogen-bond donors (Lipinski definition) is 2. The van der Waals surface area contributed by atoms with Crippen LogP contribution in [0.5, 0.6) is 5.88 Å². The maximum Gasteiger partial charge on any atom is 0.433 e. The highest BCUT2D eigenvalue weighted by Gasteiger charge is 2.34. The number of hydrogen-bond acceptors (Lipinski definition) is 4. The number of amides is 1. The number of ether oxygens (including phenoxy) is 1. The highest BCUT2D eigenvalue weighted by atomic mass is 19.4. The van der Waals surface area contributed by atoms with E-state index in [4.69, 9.17) is 10.5 Å². The Morgan fingerprint density at radius 1 is 1.21 bits per heavy atom. The van der Waals surface area contributed by atoms with Gasteiger partial charge in [-0.15, -0.1) is 0 Å². The average molecular weight is 393 g/mol. The summed E-state index contributed by atoms with van der Waals surface area (Å²) in [6.45, 7) is -0.0469. The number of carbonyl (C=O) groups is 1. The molecule has 0 bridgehead atoms. The van der Waals surface area contributed by atoms with Crippen LogP contribution in [0.25, 0.3) is 0 Å². The number of alkyl halides is 3. The summed E-state index contributed by atoms with van der Waals surface area (Å²) in [5.74, 6) is -0.484. The van der Waals surface area contributed by atoms with Gasteiger partial charge in [0.2, 0.25) is 11.8 Å². The van der Waals surface area contributed by atoms with Crippen molar-refractivity contribution < 1.29 is 22.7 Å². The number of aromatic nitrogens is 1. The number of nitrogens with one attached hydrogen (secondary N) is 1. The van der Waals surface area contributed by atoms with Crippen LogP contribution in [-0.2, 0) is 17.5 Å². The van der Waals surface area contributed by atoms with Gasteiger partial charge in [0.1, 0.15) is 11.8 Å². The monoisotopic (exact) mass is 393 g/mol. The number of para-hydroxylation sites is 1. The third-order valence-corrected chi connectivity index (χ3v) is 4.71. The van der Waals surface area contributed by atoms with Crippen molar-refractivity contribution in [1.82, 2.24) is 4.98 Å². The van der Waals surface area contributed by atoms with Crippen LogP contribution in [0, 0.1) is 5.92 Å². The highest BCUT2D eigenvalue weighted by molar-refractivity contribution is 5.92. The summed E-state index contributed by atoms with van der Waals surface area (Å²) in [6.07, 6.45) is -2.40. The molecule has 2 aromatic rings. The quantitative estimate of drug-likeness (QED) is 0.801. The first-order valence-electron chi connectivity index (χ1n) is 9.16. The van der Waals surface area contributed by atoms with Crippen LogP contribution in [0.4, 0.5) is 18.9 Å². The molecular weight excluding hydrogens is 371 g/mol. The zero-order valence-electron chi connectivity index (χ0n) is 15.2. The Morgan fingerprint density at radius 3 is 2.64 bits per heavy atom. The molecule has 8 heteroatoms. The van der Waals surface area contributed by atoms with Crippen LogP contribution in [0.1, 0.15) is 36.9 Å². The fourth-order valence-electron chi connectivity index (χ4n) is 3.31. The molecule has 28 heavy (non-hydrogen) atoms. The fraction of sp³-hybridized carbons (Fsp3) is 0.400. The first-order valence-corrected chi connectivity index (χ1v) is 9.16. The summed E-state index contributed by atoms with van der Waals surface area (Å²) >= 11 is 0. The minimum absolute atomic E-state index is 0.0469. The van der Waals surface area contributed by atoms with Crippen molar-refractivity contribution in [3.63, 3.8) is 0 Å². The Kier molecular flexibility index (Phi) is 6.18. The van der Waals surface area contributed by atoms with Gasteiger partial charge in [-0.1, -0.05) is 18.2 Å². The van der Waals surface area contributed by atoms with Gasteiger partial charge >= 0.3 is 6.18 Å². The van der Waals surface area contributed by atoms with E-state index in [2.05, 4.69) is 10.3 Å². The second-order valence-corrected chi connectivity index (χ2v) is 6.86. The maximum atomic E-state index is 13.0. The van der Waals surface area contributed by atoms with E-state index in [0.717, 1.165) is 12.5 Å². The minimum Gasteiger partial charge on any atom is -0.474 e. The standard InChI is InChI=1S/C20H22F3N3O2/c21-20(22,23)17-9-13(12-24)10-18(26-17)28-16-8-4-5-14(11-16)19(27)25-15-6-2-1-3-7-15/h1-3,6-7,9-10,14,16H,4-5,8,11-12,24H2,(H,25,27)/t14?,16-/m1/s1. The number of carbonyl (C=O) groups excluding carboxylic acids is 1. The van der Waals surface area contributed by atoms with Crippen molar-refractivity contribution in [2.45, 2.75) is 44.5 Å². The number of halogens is 3. The third-order valence-electron chi connectivity index (χ3n) is 4.71. The van der Waals surface area contributed by atoms with Crippen molar-refractivity contribution in [3.8, 4) is 5.88 Å². The molecule has 3 rings (SSSR count). The Bertz CT molecular complexity index is 812. The normalized spacial score (nSPS) is 19.9. The van der Waals surface area contributed by atoms with Gasteiger partial charge in [-0.25, -0.2) is 4.98 Å². The van der Waals surface area contributed by atoms with Gasteiger partial charge in [-0.2, -0.15) is 13.2 Å². The van der Waals surface area contributed by atoms with Crippen LogP contribution < -0.4 is 15.8 Å². The van der Waals surface area contributed by atoms with Crippen molar-refractivity contribution in [1.29, 1.82) is 0 Å². The number of nitrogens with zero attached hydrogens (tertiary/aromatic N) is 1. The minimum atomic E-state index is -4.58. The van der Waals surface area contributed by atoms with Crippen LogP contribution >= 0.6 is 0 Å². The Hall–Kier alpha value is -2.61.